The van der Waals surface area contributed by atoms with E-state index in [0.717, 1.165) is 44.9 Å². The summed E-state index contributed by atoms with van der Waals surface area (Å²) in [5.41, 5.74) is 0. The fourth-order valence-electron chi connectivity index (χ4n) is 10.5. The highest BCUT2D eigenvalue weighted by molar-refractivity contribution is 5.76. The van der Waals surface area contributed by atoms with E-state index < -0.39 is 12.1 Å². The fourth-order valence-corrected chi connectivity index (χ4v) is 10.5. The second kappa shape index (κ2) is 64.6. The van der Waals surface area contributed by atoms with E-state index in [0.29, 0.717) is 19.4 Å². The maximum atomic E-state index is 12.4. The molecule has 442 valence electrons. The van der Waals surface area contributed by atoms with E-state index in [2.05, 4.69) is 43.5 Å². The first-order chi connectivity index (χ1) is 37.0. The van der Waals surface area contributed by atoms with Crippen LogP contribution < -0.4 is 5.32 Å². The molecule has 0 radical (unpaired) electrons. The van der Waals surface area contributed by atoms with Crippen LogP contribution in [0.4, 0.5) is 0 Å². The Kier molecular flexibility index (Phi) is 63.0. The number of aliphatic hydroxyl groups excluding tert-OH is 2. The van der Waals surface area contributed by atoms with Crippen LogP contribution in [0.3, 0.4) is 0 Å². The number of carbonyl (C=O) groups excluding carboxylic acids is 2. The molecule has 0 spiro atoms. The van der Waals surface area contributed by atoms with Gasteiger partial charge in [-0.05, 0) is 64.2 Å². The average Bonchev–Trinajstić information content (AvgIpc) is 3.41. The SMILES string of the molecule is CCCCCCCCCCC/C=C/C(O)C(CO)NC(=O)CCCCCCCCCCCCCCCCCCC/C=C\C/C=C\CCCCCCCCCCCCCOC(=O)CCCCCCCCCCCCCC. The molecule has 2 atom stereocenters. The number of hydrogen-bond donors (Lipinski definition) is 3. The van der Waals surface area contributed by atoms with E-state index in [1.165, 1.54) is 295 Å². The number of esters is 1. The van der Waals surface area contributed by atoms with Crippen LogP contribution in [-0.4, -0.2) is 47.4 Å². The van der Waals surface area contributed by atoms with E-state index >= 15 is 0 Å². The highest BCUT2D eigenvalue weighted by Gasteiger charge is 2.18. The number of ether oxygens (including phenoxy) is 1. The van der Waals surface area contributed by atoms with E-state index in [-0.39, 0.29) is 18.5 Å². The zero-order valence-electron chi connectivity index (χ0n) is 50.5. The largest absolute Gasteiger partial charge is 0.466 e. The van der Waals surface area contributed by atoms with Crippen LogP contribution in [0.2, 0.25) is 0 Å². The summed E-state index contributed by atoms with van der Waals surface area (Å²) in [6.45, 7) is 4.91. The Morgan fingerprint density at radius 3 is 1.01 bits per heavy atom. The van der Waals surface area contributed by atoms with E-state index in [1.54, 1.807) is 6.08 Å². The van der Waals surface area contributed by atoms with Gasteiger partial charge in [0, 0.05) is 12.8 Å². The van der Waals surface area contributed by atoms with Gasteiger partial charge in [-0.1, -0.05) is 326 Å². The average molecular weight is 1050 g/mol. The minimum Gasteiger partial charge on any atom is -0.466 e. The van der Waals surface area contributed by atoms with Gasteiger partial charge in [-0.2, -0.15) is 0 Å². The number of rotatable bonds is 63. The van der Waals surface area contributed by atoms with Gasteiger partial charge in [0.2, 0.25) is 5.91 Å². The van der Waals surface area contributed by atoms with Gasteiger partial charge in [0.15, 0.2) is 0 Å². The van der Waals surface area contributed by atoms with Crippen molar-refractivity contribution in [1.29, 1.82) is 0 Å². The fraction of sp³-hybridized carbons (Fsp3) is 0.884. The molecule has 0 saturated heterocycles. The summed E-state index contributed by atoms with van der Waals surface area (Å²) >= 11 is 0. The molecule has 0 fully saturated rings. The zero-order valence-corrected chi connectivity index (χ0v) is 50.5. The Bertz CT molecular complexity index is 1210. The molecular formula is C69H131NO5. The van der Waals surface area contributed by atoms with Gasteiger partial charge >= 0.3 is 5.97 Å². The topological polar surface area (TPSA) is 95.9 Å². The molecule has 0 heterocycles. The number of hydrogen-bond acceptors (Lipinski definition) is 5. The maximum absolute atomic E-state index is 12.4. The summed E-state index contributed by atoms with van der Waals surface area (Å²) in [6.07, 6.45) is 82.3. The standard InChI is InChI=1S/C69H131NO5/c1-3-5-7-9-11-13-15-43-47-51-55-59-63-69(74)75-64-60-56-52-48-44-40-38-36-34-32-30-28-26-24-22-20-18-16-17-19-21-23-25-27-29-31-33-35-37-39-42-46-50-54-58-62-68(73)70-66(65-71)67(72)61-57-53-49-45-41-14-12-10-8-6-4-2/h18,20,24,26,57,61,66-67,71-72H,3-17,19,21-23,25,27-56,58-60,62-65H2,1-2H3,(H,70,73)/b20-18-,26-24-,61-57+. The van der Waals surface area contributed by atoms with Gasteiger partial charge in [-0.3, -0.25) is 9.59 Å². The molecule has 0 aromatic carbocycles. The van der Waals surface area contributed by atoms with Gasteiger partial charge in [0.05, 0.1) is 25.4 Å². The Hall–Kier alpha value is -1.92. The monoisotopic (exact) mass is 1050 g/mol. The maximum Gasteiger partial charge on any atom is 0.305 e. The van der Waals surface area contributed by atoms with Gasteiger partial charge in [-0.25, -0.2) is 0 Å². The van der Waals surface area contributed by atoms with Gasteiger partial charge in [0.25, 0.3) is 0 Å². The van der Waals surface area contributed by atoms with E-state index in [4.69, 9.17) is 4.74 Å². The van der Waals surface area contributed by atoms with Crippen LogP contribution in [0.15, 0.2) is 36.5 Å². The van der Waals surface area contributed by atoms with Crippen molar-refractivity contribution < 1.29 is 24.5 Å². The molecule has 75 heavy (non-hydrogen) atoms. The molecule has 0 aliphatic heterocycles. The summed E-state index contributed by atoms with van der Waals surface area (Å²) in [4.78, 5) is 24.5. The highest BCUT2D eigenvalue weighted by atomic mass is 16.5. The Balaban J connectivity index is 3.36. The predicted molar refractivity (Wildman–Crippen MR) is 329 cm³/mol. The van der Waals surface area contributed by atoms with Crippen molar-refractivity contribution in [3.05, 3.63) is 36.5 Å². The van der Waals surface area contributed by atoms with E-state index in [9.17, 15) is 19.8 Å². The van der Waals surface area contributed by atoms with Crippen molar-refractivity contribution in [2.45, 2.75) is 379 Å². The molecular weight excluding hydrogens is 923 g/mol. The summed E-state index contributed by atoms with van der Waals surface area (Å²) in [5, 5.41) is 23.0. The zero-order chi connectivity index (χ0) is 54.3. The van der Waals surface area contributed by atoms with Crippen molar-refractivity contribution in [3.63, 3.8) is 0 Å². The van der Waals surface area contributed by atoms with Gasteiger partial charge in [0.1, 0.15) is 0 Å². The minimum atomic E-state index is -0.841. The van der Waals surface area contributed by atoms with Crippen LogP contribution in [0.25, 0.3) is 0 Å². The number of unbranched alkanes of at least 4 members (excludes halogenated alkanes) is 48. The van der Waals surface area contributed by atoms with Crippen LogP contribution >= 0.6 is 0 Å². The first-order valence-corrected chi connectivity index (χ1v) is 33.8. The molecule has 0 aliphatic rings. The molecule has 1 amide bonds. The molecule has 0 aromatic heterocycles. The van der Waals surface area contributed by atoms with Gasteiger partial charge in [-0.15, -0.1) is 0 Å². The van der Waals surface area contributed by atoms with Crippen LogP contribution in [0, 0.1) is 0 Å². The molecule has 0 saturated carbocycles. The lowest BCUT2D eigenvalue weighted by Crippen LogP contribution is -2.45. The first kappa shape index (κ1) is 73.1. The minimum absolute atomic E-state index is 0.0173. The lowest BCUT2D eigenvalue weighted by atomic mass is 10.0. The van der Waals surface area contributed by atoms with Crippen molar-refractivity contribution in [2.24, 2.45) is 0 Å². The molecule has 6 nitrogen and oxygen atoms in total. The van der Waals surface area contributed by atoms with Crippen LogP contribution in [-0.2, 0) is 14.3 Å². The van der Waals surface area contributed by atoms with Crippen LogP contribution in [0.1, 0.15) is 367 Å². The van der Waals surface area contributed by atoms with E-state index in [1.807, 2.05) is 6.08 Å². The third-order valence-corrected chi connectivity index (χ3v) is 15.7. The number of aliphatic hydroxyl groups is 2. The van der Waals surface area contributed by atoms with Crippen LogP contribution in [0.5, 0.6) is 0 Å². The summed E-state index contributed by atoms with van der Waals surface area (Å²) in [5.74, 6) is -0.0485. The van der Waals surface area contributed by atoms with Crippen molar-refractivity contribution in [1.82, 2.24) is 5.32 Å². The van der Waals surface area contributed by atoms with Crippen molar-refractivity contribution >= 4 is 11.9 Å². The summed E-state index contributed by atoms with van der Waals surface area (Å²) in [6, 6.07) is -0.624. The van der Waals surface area contributed by atoms with Gasteiger partial charge < -0.3 is 20.3 Å². The number of allylic oxidation sites excluding steroid dienone is 5. The van der Waals surface area contributed by atoms with Crippen molar-refractivity contribution in [2.75, 3.05) is 13.2 Å². The Labute approximate surface area is 468 Å². The Morgan fingerprint density at radius 1 is 0.373 bits per heavy atom. The molecule has 2 unspecified atom stereocenters. The molecule has 0 rings (SSSR count). The molecule has 0 aromatic rings. The molecule has 6 heteroatoms. The normalized spacial score (nSPS) is 12.7. The summed E-state index contributed by atoms with van der Waals surface area (Å²) < 4.78 is 5.48. The molecule has 0 aliphatic carbocycles. The third-order valence-electron chi connectivity index (χ3n) is 15.7. The number of amides is 1. The highest BCUT2D eigenvalue weighted by Crippen LogP contribution is 2.18. The summed E-state index contributed by atoms with van der Waals surface area (Å²) in [7, 11) is 0. The smallest absolute Gasteiger partial charge is 0.305 e. The second-order valence-electron chi connectivity index (χ2n) is 23.2. The number of carbonyl (C=O) groups is 2. The van der Waals surface area contributed by atoms with Crippen molar-refractivity contribution in [3.8, 4) is 0 Å². The predicted octanol–water partition coefficient (Wildman–Crippen LogP) is 21.5. The third kappa shape index (κ3) is 61.2. The second-order valence-corrected chi connectivity index (χ2v) is 23.2. The quantitative estimate of drug-likeness (QED) is 0.0320. The number of nitrogens with one attached hydrogen (secondary N) is 1. The molecule has 3 N–H and O–H groups in total. The first-order valence-electron chi connectivity index (χ1n) is 33.8. The Morgan fingerprint density at radius 2 is 0.667 bits per heavy atom. The molecule has 0 bridgehead atoms. The lowest BCUT2D eigenvalue weighted by molar-refractivity contribution is -0.143. The lowest BCUT2D eigenvalue weighted by Gasteiger charge is -2.20.